The summed E-state index contributed by atoms with van der Waals surface area (Å²) in [5.74, 6) is 1.68. The Bertz CT molecular complexity index is 2710. The van der Waals surface area contributed by atoms with Crippen LogP contribution in [0.5, 0.6) is 5.75 Å². The van der Waals surface area contributed by atoms with Gasteiger partial charge in [0.05, 0.1) is 54.8 Å². The first kappa shape index (κ1) is 43.9. The molecular formula is C48H54N8O9. The molecule has 340 valence electrons. The summed E-state index contributed by atoms with van der Waals surface area (Å²) in [5.41, 5.74) is 7.16. The van der Waals surface area contributed by atoms with Crippen molar-refractivity contribution < 1.29 is 43.2 Å². The summed E-state index contributed by atoms with van der Waals surface area (Å²) in [5, 5.41) is 17.8. The number of fused-ring (bicyclic) bond motifs is 6. The van der Waals surface area contributed by atoms with Crippen LogP contribution in [0.2, 0.25) is 0 Å². The van der Waals surface area contributed by atoms with Crippen LogP contribution in [-0.4, -0.2) is 119 Å². The fourth-order valence-electron chi connectivity index (χ4n) is 9.60. The van der Waals surface area contributed by atoms with Gasteiger partial charge in [-0.25, -0.2) is 14.8 Å². The predicted octanol–water partition coefficient (Wildman–Crippen LogP) is 5.88. The summed E-state index contributed by atoms with van der Waals surface area (Å²) < 4.78 is 27.3. The number of likely N-dealkylation sites (tertiary alicyclic amines) is 2. The van der Waals surface area contributed by atoms with Crippen LogP contribution in [0.3, 0.4) is 0 Å². The molecule has 0 aliphatic carbocycles. The van der Waals surface area contributed by atoms with E-state index in [1.54, 1.807) is 18.9 Å². The highest BCUT2D eigenvalue weighted by atomic mass is 16.6. The van der Waals surface area contributed by atoms with E-state index in [1.807, 2.05) is 53.6 Å². The second kappa shape index (κ2) is 18.6. The predicted molar refractivity (Wildman–Crippen MR) is 240 cm³/mol. The van der Waals surface area contributed by atoms with Crippen LogP contribution in [0.25, 0.3) is 44.2 Å². The Kier molecular flexibility index (Phi) is 12.6. The van der Waals surface area contributed by atoms with Gasteiger partial charge in [0.1, 0.15) is 36.1 Å². The standard InChI is InChI=1S/C48H54N8O9/c1-26(62-3)40(53-47(59)63-4)45(57)56-23-27(24-61-2)18-38(56)44-50-35-16-14-29-20-34-32-15-13-30(19-31(32)25-65-39(34)21-33(29)42(35)52-44)36-22-49-43(51-36)37-12-9-17-55(37)46(58)41(54-48(60)64-5)28-10-7-6-8-11-28/h6-8,10-11,13-16,19-22,26-27,37-38,40-41,48,54,60H,9,12,17-18,23-25H2,1-5H3,(H,49,51)(H,50,52)(H,53,59)/t26-,27+,37+,38+,40+,41-,48?/m1/s1. The van der Waals surface area contributed by atoms with E-state index in [0.29, 0.717) is 44.4 Å². The number of methoxy groups -OCH3 is 4. The van der Waals surface area contributed by atoms with Gasteiger partial charge in [-0.1, -0.05) is 48.5 Å². The maximum absolute atomic E-state index is 14.2. The van der Waals surface area contributed by atoms with E-state index in [1.165, 1.54) is 21.3 Å². The van der Waals surface area contributed by atoms with Crippen molar-refractivity contribution in [3.63, 3.8) is 0 Å². The molecule has 2 fully saturated rings. The highest BCUT2D eigenvalue weighted by Gasteiger charge is 2.43. The maximum atomic E-state index is 14.2. The molecule has 1 unspecified atom stereocenters. The van der Waals surface area contributed by atoms with Gasteiger partial charge in [-0.05, 0) is 78.1 Å². The summed E-state index contributed by atoms with van der Waals surface area (Å²) in [7, 11) is 5.77. The molecule has 4 aromatic carbocycles. The largest absolute Gasteiger partial charge is 0.488 e. The SMILES string of the molecule is COC[C@H]1C[C@@H](c2nc3ccc4cc5c(cc4c3[nH]2)OCc2cc(-c3cnc([C@@H]4CCCN4C(=O)[C@H](NC(O)OC)c4ccccc4)[nH]3)ccc2-5)N(C(=O)[C@@H](NC(=O)OC)[C@@H](C)OC)C1. The van der Waals surface area contributed by atoms with E-state index in [9.17, 15) is 19.5 Å². The molecule has 17 nitrogen and oxygen atoms in total. The van der Waals surface area contributed by atoms with Crippen LogP contribution >= 0.6 is 0 Å². The van der Waals surface area contributed by atoms with Crippen molar-refractivity contribution in [3.8, 4) is 28.1 Å². The molecule has 9 rings (SSSR count). The van der Waals surface area contributed by atoms with Crippen molar-refractivity contribution in [3.05, 3.63) is 102 Å². The number of alkyl carbamates (subject to hydrolysis) is 1. The quantitative estimate of drug-likeness (QED) is 0.0814. The smallest absolute Gasteiger partial charge is 0.407 e. The molecule has 2 aromatic heterocycles. The minimum atomic E-state index is -1.31. The zero-order chi connectivity index (χ0) is 45.4. The summed E-state index contributed by atoms with van der Waals surface area (Å²) >= 11 is 0. The number of rotatable bonds is 14. The van der Waals surface area contributed by atoms with Gasteiger partial charge in [-0.2, -0.15) is 0 Å². The Hall–Kier alpha value is -6.37. The number of nitrogens with zero attached hydrogens (tertiary/aromatic N) is 4. The lowest BCUT2D eigenvalue weighted by Gasteiger charge is -2.30. The van der Waals surface area contributed by atoms with Crippen molar-refractivity contribution >= 4 is 39.7 Å². The summed E-state index contributed by atoms with van der Waals surface area (Å²) in [6.07, 6.45) is 1.35. The molecule has 5 heterocycles. The normalized spacial score (nSPS) is 19.9. The number of aromatic nitrogens is 4. The van der Waals surface area contributed by atoms with Gasteiger partial charge in [-0.15, -0.1) is 0 Å². The first-order valence-electron chi connectivity index (χ1n) is 21.9. The Morgan fingerprint density at radius 2 is 1.75 bits per heavy atom. The number of imidazole rings is 2. The third kappa shape index (κ3) is 8.53. The van der Waals surface area contributed by atoms with E-state index < -0.39 is 36.7 Å². The Morgan fingerprint density at radius 1 is 0.923 bits per heavy atom. The second-order valence-corrected chi connectivity index (χ2v) is 16.9. The molecule has 6 aromatic rings. The van der Waals surface area contributed by atoms with E-state index >= 15 is 0 Å². The lowest BCUT2D eigenvalue weighted by atomic mass is 9.92. The zero-order valence-corrected chi connectivity index (χ0v) is 37.0. The lowest BCUT2D eigenvalue weighted by molar-refractivity contribution is -0.143. The van der Waals surface area contributed by atoms with Gasteiger partial charge >= 0.3 is 6.09 Å². The number of amides is 3. The number of benzene rings is 4. The van der Waals surface area contributed by atoms with Crippen LogP contribution in [0.15, 0.2) is 79.0 Å². The van der Waals surface area contributed by atoms with Crippen LogP contribution in [0, 0.1) is 5.92 Å². The number of carbonyl (C=O) groups excluding carboxylic acids is 3. The molecule has 0 saturated carbocycles. The number of hydrogen-bond donors (Lipinski definition) is 5. The van der Waals surface area contributed by atoms with Gasteiger partial charge in [0.15, 0.2) is 0 Å². The van der Waals surface area contributed by atoms with Gasteiger partial charge in [0.2, 0.25) is 18.2 Å². The topological polar surface area (TPSA) is 205 Å². The molecular weight excluding hydrogens is 833 g/mol. The van der Waals surface area contributed by atoms with Crippen molar-refractivity contribution in [1.29, 1.82) is 0 Å². The Labute approximate surface area is 375 Å². The van der Waals surface area contributed by atoms with Gasteiger partial charge in [0, 0.05) is 51.3 Å². The molecule has 2 saturated heterocycles. The van der Waals surface area contributed by atoms with Crippen molar-refractivity contribution in [2.75, 3.05) is 48.1 Å². The first-order chi connectivity index (χ1) is 31.6. The monoisotopic (exact) mass is 886 g/mol. The number of aliphatic hydroxyl groups excluding tert-OH is 1. The summed E-state index contributed by atoms with van der Waals surface area (Å²) in [6, 6.07) is 21.4. The Morgan fingerprint density at radius 3 is 2.52 bits per heavy atom. The van der Waals surface area contributed by atoms with Gasteiger partial charge < -0.3 is 53.9 Å². The van der Waals surface area contributed by atoms with Gasteiger partial charge in [0.25, 0.3) is 0 Å². The number of carbonyl (C=O) groups is 3. The molecule has 0 spiro atoms. The third-order valence-corrected chi connectivity index (χ3v) is 13.0. The van der Waals surface area contributed by atoms with Gasteiger partial charge in [-0.3, -0.25) is 14.9 Å². The van der Waals surface area contributed by atoms with E-state index in [2.05, 4.69) is 50.9 Å². The van der Waals surface area contributed by atoms with Crippen LogP contribution < -0.4 is 15.4 Å². The molecule has 65 heavy (non-hydrogen) atoms. The third-order valence-electron chi connectivity index (χ3n) is 13.0. The average molecular weight is 887 g/mol. The molecule has 17 heteroatoms. The minimum Gasteiger partial charge on any atom is -0.488 e. The molecule has 3 aliphatic heterocycles. The summed E-state index contributed by atoms with van der Waals surface area (Å²) in [6.45, 7) is 3.54. The number of aromatic amines is 2. The van der Waals surface area contributed by atoms with Crippen molar-refractivity contribution in [1.82, 2.24) is 40.4 Å². The molecule has 7 atom stereocenters. The fraction of sp³-hybridized carbons (Fsp3) is 0.396. The first-order valence-corrected chi connectivity index (χ1v) is 21.9. The highest BCUT2D eigenvalue weighted by Crippen LogP contribution is 2.44. The number of H-pyrrole nitrogens is 2. The number of nitrogens with one attached hydrogen (secondary N) is 4. The average Bonchev–Trinajstić information content (AvgIpc) is 4.18. The highest BCUT2D eigenvalue weighted by molar-refractivity contribution is 6.07. The van der Waals surface area contributed by atoms with Crippen LogP contribution in [0.4, 0.5) is 4.79 Å². The van der Waals surface area contributed by atoms with E-state index in [4.69, 9.17) is 33.7 Å². The molecule has 0 bridgehead atoms. The van der Waals surface area contributed by atoms with Crippen molar-refractivity contribution in [2.24, 2.45) is 5.92 Å². The molecule has 0 radical (unpaired) electrons. The second-order valence-electron chi connectivity index (χ2n) is 16.9. The minimum absolute atomic E-state index is 0.0548. The van der Waals surface area contributed by atoms with E-state index in [0.717, 1.165) is 73.9 Å². The maximum Gasteiger partial charge on any atom is 0.407 e. The number of ether oxygens (including phenoxy) is 5. The fourth-order valence-corrected chi connectivity index (χ4v) is 9.60. The van der Waals surface area contributed by atoms with E-state index in [-0.39, 0.29) is 23.8 Å². The number of hydrogen-bond acceptors (Lipinski definition) is 12. The molecule has 5 N–H and O–H groups in total. The van der Waals surface area contributed by atoms with Crippen LogP contribution in [-0.2, 0) is 35.1 Å². The zero-order valence-electron chi connectivity index (χ0n) is 37.0. The van der Waals surface area contributed by atoms with Crippen LogP contribution in [0.1, 0.15) is 67.1 Å². The number of aliphatic hydroxyl groups is 1. The molecule has 3 amide bonds. The Balaban J connectivity index is 0.966. The summed E-state index contributed by atoms with van der Waals surface area (Å²) in [4.78, 5) is 61.0. The van der Waals surface area contributed by atoms with Crippen molar-refractivity contribution in [2.45, 2.75) is 69.5 Å². The molecule has 3 aliphatic rings. The lowest BCUT2D eigenvalue weighted by Crippen LogP contribution is -2.54.